The molecule has 6 heteroatoms. The van der Waals surface area contributed by atoms with Gasteiger partial charge in [-0.2, -0.15) is 0 Å². The fourth-order valence-corrected chi connectivity index (χ4v) is 2.70. The largest absolute Gasteiger partial charge is 0.459 e. The van der Waals surface area contributed by atoms with E-state index in [1.54, 1.807) is 24.1 Å². The van der Waals surface area contributed by atoms with Crippen LogP contribution in [0.1, 0.15) is 21.7 Å². The first-order valence-corrected chi connectivity index (χ1v) is 8.03. The highest BCUT2D eigenvalue weighted by atomic mass is 16.5. The van der Waals surface area contributed by atoms with Crippen LogP contribution in [0.5, 0.6) is 0 Å². The number of carbonyl (C=O) groups excluding carboxylic acids is 1. The monoisotopic (exact) mass is 340 g/mol. The van der Waals surface area contributed by atoms with Crippen LogP contribution in [0.3, 0.4) is 0 Å². The molecule has 3 rings (SSSR count). The summed E-state index contributed by atoms with van der Waals surface area (Å²) in [7, 11) is 1.57. The van der Waals surface area contributed by atoms with E-state index in [4.69, 9.17) is 9.15 Å². The highest BCUT2D eigenvalue weighted by Gasteiger charge is 2.19. The Morgan fingerprint density at radius 3 is 2.84 bits per heavy atom. The van der Waals surface area contributed by atoms with Gasteiger partial charge in [-0.15, -0.1) is 0 Å². The fourth-order valence-electron chi connectivity index (χ4n) is 2.70. The molecular weight excluding hydrogens is 320 g/mol. The number of hydrogen-bond donors (Lipinski definition) is 1. The Kier molecular flexibility index (Phi) is 5.00. The smallest absolute Gasteiger partial charge is 0.289 e. The number of aromatic nitrogens is 1. The van der Waals surface area contributed by atoms with Crippen molar-refractivity contribution in [2.24, 2.45) is 0 Å². The van der Waals surface area contributed by atoms with E-state index in [1.807, 2.05) is 31.2 Å². The van der Waals surface area contributed by atoms with E-state index in [-0.39, 0.29) is 23.8 Å². The third-order valence-corrected chi connectivity index (χ3v) is 4.02. The number of benzene rings is 1. The van der Waals surface area contributed by atoms with Crippen LogP contribution < -0.4 is 5.56 Å². The summed E-state index contributed by atoms with van der Waals surface area (Å²) in [6.45, 7) is 2.91. The average molecular weight is 340 g/mol. The van der Waals surface area contributed by atoms with Gasteiger partial charge < -0.3 is 19.0 Å². The van der Waals surface area contributed by atoms with Gasteiger partial charge in [-0.1, -0.05) is 11.6 Å². The van der Waals surface area contributed by atoms with Crippen LogP contribution in [0.25, 0.3) is 10.9 Å². The van der Waals surface area contributed by atoms with Crippen molar-refractivity contribution in [2.75, 3.05) is 20.3 Å². The van der Waals surface area contributed by atoms with Crippen molar-refractivity contribution < 1.29 is 13.9 Å². The second-order valence-corrected chi connectivity index (χ2v) is 5.91. The molecule has 130 valence electrons. The molecule has 0 bridgehead atoms. The number of aromatic amines is 1. The molecule has 0 saturated heterocycles. The van der Waals surface area contributed by atoms with E-state index in [0.29, 0.717) is 18.7 Å². The van der Waals surface area contributed by atoms with Gasteiger partial charge >= 0.3 is 0 Å². The molecule has 2 aromatic heterocycles. The Morgan fingerprint density at radius 2 is 2.12 bits per heavy atom. The number of pyridine rings is 1. The van der Waals surface area contributed by atoms with Crippen LogP contribution in [0.4, 0.5) is 0 Å². The van der Waals surface area contributed by atoms with Gasteiger partial charge in [0.2, 0.25) is 0 Å². The number of carbonyl (C=O) groups is 1. The minimum absolute atomic E-state index is 0.183. The molecule has 3 aromatic rings. The van der Waals surface area contributed by atoms with Gasteiger partial charge in [-0.05, 0) is 42.6 Å². The maximum Gasteiger partial charge on any atom is 0.289 e. The minimum Gasteiger partial charge on any atom is -0.459 e. The van der Waals surface area contributed by atoms with Crippen molar-refractivity contribution in [3.05, 3.63) is 69.9 Å². The standard InChI is InChI=1S/C19H20N2O4/c1-13-5-6-16-14(10-13)11-15(18(22)20-16)12-21(7-9-24-2)19(23)17-4-3-8-25-17/h3-6,8,10-11H,7,9,12H2,1-2H3,(H,20,22). The van der Waals surface area contributed by atoms with E-state index < -0.39 is 0 Å². The molecule has 0 saturated carbocycles. The summed E-state index contributed by atoms with van der Waals surface area (Å²) in [5.41, 5.74) is 2.20. The van der Waals surface area contributed by atoms with Crippen LogP contribution in [-0.2, 0) is 11.3 Å². The van der Waals surface area contributed by atoms with Gasteiger partial charge in [0.15, 0.2) is 5.76 Å². The quantitative estimate of drug-likeness (QED) is 0.749. The number of nitrogens with one attached hydrogen (secondary N) is 1. The van der Waals surface area contributed by atoms with Gasteiger partial charge in [0, 0.05) is 24.7 Å². The minimum atomic E-state index is -0.272. The first-order valence-electron chi connectivity index (χ1n) is 8.03. The number of H-pyrrole nitrogens is 1. The maximum atomic E-state index is 12.6. The van der Waals surface area contributed by atoms with Crippen molar-refractivity contribution in [1.82, 2.24) is 9.88 Å². The molecule has 0 spiro atoms. The summed E-state index contributed by atoms with van der Waals surface area (Å²) < 4.78 is 10.3. The van der Waals surface area contributed by atoms with Crippen LogP contribution in [0.15, 0.2) is 51.9 Å². The molecule has 0 fully saturated rings. The Hall–Kier alpha value is -2.86. The van der Waals surface area contributed by atoms with Crippen molar-refractivity contribution >= 4 is 16.8 Å². The second kappa shape index (κ2) is 7.36. The fraction of sp³-hybridized carbons (Fsp3) is 0.263. The molecule has 1 amide bonds. The molecule has 0 aliphatic rings. The molecule has 6 nitrogen and oxygen atoms in total. The SMILES string of the molecule is COCCN(Cc1cc2cc(C)ccc2[nH]c1=O)C(=O)c1ccco1. The summed E-state index contributed by atoms with van der Waals surface area (Å²) in [5, 5.41) is 0.937. The summed E-state index contributed by atoms with van der Waals surface area (Å²) in [6.07, 6.45) is 1.45. The van der Waals surface area contributed by atoms with Gasteiger partial charge in [0.25, 0.3) is 11.5 Å². The molecule has 1 N–H and O–H groups in total. The number of furan rings is 1. The first kappa shape index (κ1) is 17.0. The molecule has 0 atom stereocenters. The number of amides is 1. The Labute approximate surface area is 145 Å². The Balaban J connectivity index is 1.93. The first-order chi connectivity index (χ1) is 12.1. The number of fused-ring (bicyclic) bond motifs is 1. The van der Waals surface area contributed by atoms with Crippen molar-refractivity contribution in [3.63, 3.8) is 0 Å². The lowest BCUT2D eigenvalue weighted by Crippen LogP contribution is -2.35. The Bertz CT molecular complexity index is 928. The van der Waals surface area contributed by atoms with Crippen molar-refractivity contribution in [1.29, 1.82) is 0 Å². The zero-order chi connectivity index (χ0) is 17.8. The van der Waals surface area contributed by atoms with Crippen LogP contribution in [0.2, 0.25) is 0 Å². The van der Waals surface area contributed by atoms with Crippen LogP contribution in [-0.4, -0.2) is 36.1 Å². The summed E-state index contributed by atoms with van der Waals surface area (Å²) in [5.74, 6) is -0.0324. The number of methoxy groups -OCH3 is 1. The normalized spacial score (nSPS) is 11.0. The third kappa shape index (κ3) is 3.80. The molecule has 25 heavy (non-hydrogen) atoms. The van der Waals surface area contributed by atoms with Crippen LogP contribution >= 0.6 is 0 Å². The van der Waals surface area contributed by atoms with Crippen LogP contribution in [0, 0.1) is 6.92 Å². The highest BCUT2D eigenvalue weighted by Crippen LogP contribution is 2.15. The summed E-state index contributed by atoms with van der Waals surface area (Å²) in [6, 6.07) is 10.9. The zero-order valence-electron chi connectivity index (χ0n) is 14.2. The van der Waals surface area contributed by atoms with E-state index in [2.05, 4.69) is 4.98 Å². The molecule has 0 aliphatic carbocycles. The predicted octanol–water partition coefficient (Wildman–Crippen LogP) is 2.72. The molecule has 0 radical (unpaired) electrons. The maximum absolute atomic E-state index is 12.6. The molecule has 0 unspecified atom stereocenters. The number of nitrogens with zero attached hydrogens (tertiary/aromatic N) is 1. The summed E-state index contributed by atoms with van der Waals surface area (Å²) >= 11 is 0. The zero-order valence-corrected chi connectivity index (χ0v) is 14.2. The number of hydrogen-bond acceptors (Lipinski definition) is 4. The summed E-state index contributed by atoms with van der Waals surface area (Å²) in [4.78, 5) is 29.4. The number of ether oxygens (including phenoxy) is 1. The Morgan fingerprint density at radius 1 is 1.28 bits per heavy atom. The highest BCUT2D eigenvalue weighted by molar-refractivity contribution is 5.91. The van der Waals surface area contributed by atoms with Gasteiger partial charge in [-0.25, -0.2) is 0 Å². The molecule has 2 heterocycles. The number of rotatable bonds is 6. The molecule has 0 aliphatic heterocycles. The third-order valence-electron chi connectivity index (χ3n) is 4.02. The topological polar surface area (TPSA) is 75.5 Å². The van der Waals surface area contributed by atoms with E-state index in [1.165, 1.54) is 6.26 Å². The number of aryl methyl sites for hydroxylation is 1. The lowest BCUT2D eigenvalue weighted by Gasteiger charge is -2.21. The van der Waals surface area contributed by atoms with Gasteiger partial charge in [0.1, 0.15) is 0 Å². The average Bonchev–Trinajstić information content (AvgIpc) is 3.13. The lowest BCUT2D eigenvalue weighted by molar-refractivity contribution is 0.0648. The molecular formula is C19H20N2O4. The van der Waals surface area contributed by atoms with Crippen molar-refractivity contribution in [3.8, 4) is 0 Å². The second-order valence-electron chi connectivity index (χ2n) is 5.91. The van der Waals surface area contributed by atoms with E-state index in [0.717, 1.165) is 16.5 Å². The van der Waals surface area contributed by atoms with E-state index in [9.17, 15) is 9.59 Å². The van der Waals surface area contributed by atoms with Gasteiger partial charge in [-0.3, -0.25) is 9.59 Å². The lowest BCUT2D eigenvalue weighted by atomic mass is 10.1. The molecule has 1 aromatic carbocycles. The predicted molar refractivity (Wildman–Crippen MR) is 94.6 cm³/mol. The van der Waals surface area contributed by atoms with E-state index >= 15 is 0 Å². The van der Waals surface area contributed by atoms with Gasteiger partial charge in [0.05, 0.1) is 19.4 Å². The van der Waals surface area contributed by atoms with Crippen molar-refractivity contribution in [2.45, 2.75) is 13.5 Å².